The van der Waals surface area contributed by atoms with Crippen molar-refractivity contribution in [1.82, 2.24) is 9.47 Å². The van der Waals surface area contributed by atoms with Crippen molar-refractivity contribution in [1.29, 1.82) is 0 Å². The second-order valence-corrected chi connectivity index (χ2v) is 8.45. The molecule has 0 amide bonds. The van der Waals surface area contributed by atoms with Crippen LogP contribution in [-0.2, 0) is 13.1 Å². The molecule has 3 nitrogen and oxygen atoms in total. The molecule has 2 aromatic heterocycles. The van der Waals surface area contributed by atoms with E-state index in [1.54, 1.807) is 0 Å². The first-order chi connectivity index (χ1) is 14.4. The largest absolute Gasteiger partial charge is 0.457 e. The Morgan fingerprint density at radius 3 is 2.62 bits per heavy atom. The summed E-state index contributed by atoms with van der Waals surface area (Å²) >= 11 is 1.84. The Bertz CT molecular complexity index is 1060. The minimum absolute atomic E-state index is 0.217. The van der Waals surface area contributed by atoms with Crippen molar-refractivity contribution < 1.29 is 4.74 Å². The Morgan fingerprint density at radius 2 is 1.76 bits per heavy atom. The third-order valence-corrected chi connectivity index (χ3v) is 6.31. The van der Waals surface area contributed by atoms with Gasteiger partial charge in [-0.2, -0.15) is 0 Å². The van der Waals surface area contributed by atoms with Gasteiger partial charge in [0, 0.05) is 36.4 Å². The summed E-state index contributed by atoms with van der Waals surface area (Å²) in [5, 5.41) is 2.17. The lowest BCUT2D eigenvalue weighted by Crippen LogP contribution is -2.29. The van der Waals surface area contributed by atoms with E-state index in [1.807, 2.05) is 47.7 Å². The van der Waals surface area contributed by atoms with Crippen molar-refractivity contribution in [3.05, 3.63) is 107 Å². The molecule has 1 aliphatic rings. The van der Waals surface area contributed by atoms with Gasteiger partial charge in [-0.15, -0.1) is 11.3 Å². The summed E-state index contributed by atoms with van der Waals surface area (Å²) in [6, 6.07) is 27.6. The first-order valence-corrected chi connectivity index (χ1v) is 11.0. The van der Waals surface area contributed by atoms with Crippen LogP contribution in [0.2, 0.25) is 0 Å². The number of aromatic nitrogens is 1. The highest BCUT2D eigenvalue weighted by Crippen LogP contribution is 2.35. The molecule has 146 valence electrons. The average molecular weight is 401 g/mol. The van der Waals surface area contributed by atoms with E-state index in [0.717, 1.165) is 37.6 Å². The summed E-state index contributed by atoms with van der Waals surface area (Å²) in [6.07, 6.45) is 3.37. The molecule has 0 N–H and O–H groups in total. The smallest absolute Gasteiger partial charge is 0.127 e. The molecule has 0 fully saturated rings. The average Bonchev–Trinajstić information content (AvgIpc) is 3.39. The van der Waals surface area contributed by atoms with E-state index in [2.05, 4.69) is 63.5 Å². The van der Waals surface area contributed by atoms with Gasteiger partial charge in [0.05, 0.1) is 6.04 Å². The van der Waals surface area contributed by atoms with E-state index in [1.165, 1.54) is 16.1 Å². The molecule has 0 spiro atoms. The third-order valence-electron chi connectivity index (χ3n) is 5.45. The number of nitrogens with zero attached hydrogens (tertiary/aromatic N) is 2. The number of rotatable bonds is 5. The quantitative estimate of drug-likeness (QED) is 0.389. The monoisotopic (exact) mass is 400 g/mol. The van der Waals surface area contributed by atoms with Crippen LogP contribution in [0.1, 0.15) is 28.6 Å². The number of para-hydroxylation sites is 1. The molecule has 3 heterocycles. The van der Waals surface area contributed by atoms with Crippen LogP contribution in [0, 0.1) is 0 Å². The summed E-state index contributed by atoms with van der Waals surface area (Å²) in [5.74, 6) is 1.75. The van der Waals surface area contributed by atoms with Gasteiger partial charge in [-0.05, 0) is 59.8 Å². The van der Waals surface area contributed by atoms with Crippen LogP contribution < -0.4 is 4.74 Å². The van der Waals surface area contributed by atoms with E-state index in [9.17, 15) is 0 Å². The van der Waals surface area contributed by atoms with Gasteiger partial charge in [-0.3, -0.25) is 4.90 Å². The fourth-order valence-corrected chi connectivity index (χ4v) is 4.90. The van der Waals surface area contributed by atoms with Crippen molar-refractivity contribution in [2.75, 3.05) is 6.54 Å². The second kappa shape index (κ2) is 8.27. The lowest BCUT2D eigenvalue weighted by molar-refractivity contribution is 0.222. The number of hydrogen-bond acceptors (Lipinski definition) is 3. The predicted octanol–water partition coefficient (Wildman–Crippen LogP) is 6.34. The maximum Gasteiger partial charge on any atom is 0.127 e. The molecule has 5 rings (SSSR count). The Morgan fingerprint density at radius 1 is 0.862 bits per heavy atom. The standard InChI is InChI=1S/C25H24N2OS/c1-2-9-21(10-3-1)28-22-11-4-8-20(18-22)25-24-13-5-14-26(24)15-7-16-27(25)19-23-12-6-17-29-23/h1-6,8-14,17-18,25H,7,15-16,19H2. The maximum atomic E-state index is 6.13. The zero-order valence-corrected chi connectivity index (χ0v) is 17.1. The first kappa shape index (κ1) is 18.2. The summed E-state index contributed by atoms with van der Waals surface area (Å²) in [7, 11) is 0. The van der Waals surface area contributed by atoms with Crippen LogP contribution in [0.15, 0.2) is 90.4 Å². The van der Waals surface area contributed by atoms with E-state index in [-0.39, 0.29) is 6.04 Å². The number of thiophene rings is 1. The van der Waals surface area contributed by atoms with Gasteiger partial charge in [0.2, 0.25) is 0 Å². The molecule has 2 aromatic carbocycles. The van der Waals surface area contributed by atoms with Gasteiger partial charge in [-0.25, -0.2) is 0 Å². The Hall–Kier alpha value is -2.82. The molecular weight excluding hydrogens is 376 g/mol. The molecule has 0 radical (unpaired) electrons. The fraction of sp³-hybridized carbons (Fsp3) is 0.200. The normalized spacial score (nSPS) is 16.9. The zero-order chi connectivity index (χ0) is 19.5. The van der Waals surface area contributed by atoms with E-state index >= 15 is 0 Å². The van der Waals surface area contributed by atoms with E-state index < -0.39 is 0 Å². The van der Waals surface area contributed by atoms with Crippen LogP contribution in [0.5, 0.6) is 11.5 Å². The predicted molar refractivity (Wildman–Crippen MR) is 119 cm³/mol. The highest BCUT2D eigenvalue weighted by Gasteiger charge is 2.27. The van der Waals surface area contributed by atoms with E-state index in [0.29, 0.717) is 0 Å². The van der Waals surface area contributed by atoms with E-state index in [4.69, 9.17) is 4.74 Å². The molecule has 1 atom stereocenters. The Kier molecular flexibility index (Phi) is 5.20. The lowest BCUT2D eigenvalue weighted by Gasteiger charge is -2.30. The van der Waals surface area contributed by atoms with Crippen molar-refractivity contribution >= 4 is 11.3 Å². The second-order valence-electron chi connectivity index (χ2n) is 7.42. The number of fused-ring (bicyclic) bond motifs is 1. The van der Waals surface area contributed by atoms with Crippen LogP contribution in [0.25, 0.3) is 0 Å². The summed E-state index contributed by atoms with van der Waals surface area (Å²) in [4.78, 5) is 4.01. The van der Waals surface area contributed by atoms with Crippen LogP contribution >= 0.6 is 11.3 Å². The van der Waals surface area contributed by atoms with Crippen molar-refractivity contribution in [2.45, 2.75) is 25.6 Å². The maximum absolute atomic E-state index is 6.13. The molecule has 0 bridgehead atoms. The SMILES string of the molecule is c1ccc(Oc2cccc(C3c4cccn4CCCN3Cc3cccs3)c2)cc1. The zero-order valence-electron chi connectivity index (χ0n) is 16.3. The summed E-state index contributed by atoms with van der Waals surface area (Å²) in [5.41, 5.74) is 2.63. The number of aryl methyl sites for hydroxylation is 1. The Labute approximate surface area is 175 Å². The molecule has 1 aliphatic heterocycles. The van der Waals surface area contributed by atoms with Gasteiger partial charge in [-0.1, -0.05) is 36.4 Å². The molecule has 0 saturated carbocycles. The van der Waals surface area contributed by atoms with Crippen LogP contribution in [-0.4, -0.2) is 16.0 Å². The molecule has 0 saturated heterocycles. The summed E-state index contributed by atoms with van der Waals surface area (Å²) in [6.45, 7) is 3.12. The molecule has 0 aliphatic carbocycles. The minimum atomic E-state index is 0.217. The number of ether oxygens (including phenoxy) is 1. The third kappa shape index (κ3) is 4.00. The van der Waals surface area contributed by atoms with Gasteiger partial charge < -0.3 is 9.30 Å². The van der Waals surface area contributed by atoms with Crippen molar-refractivity contribution in [2.24, 2.45) is 0 Å². The molecule has 1 unspecified atom stereocenters. The number of hydrogen-bond donors (Lipinski definition) is 0. The lowest BCUT2D eigenvalue weighted by atomic mass is 10.0. The fourth-order valence-electron chi connectivity index (χ4n) is 4.17. The molecule has 4 aromatic rings. The molecule has 4 heteroatoms. The molecule has 29 heavy (non-hydrogen) atoms. The highest BCUT2D eigenvalue weighted by molar-refractivity contribution is 7.09. The van der Waals surface area contributed by atoms with Gasteiger partial charge in [0.1, 0.15) is 11.5 Å². The first-order valence-electron chi connectivity index (χ1n) is 10.1. The van der Waals surface area contributed by atoms with Gasteiger partial charge in [0.25, 0.3) is 0 Å². The topological polar surface area (TPSA) is 17.4 Å². The van der Waals surface area contributed by atoms with Crippen molar-refractivity contribution in [3.8, 4) is 11.5 Å². The van der Waals surface area contributed by atoms with Gasteiger partial charge in [0.15, 0.2) is 0 Å². The summed E-state index contributed by atoms with van der Waals surface area (Å²) < 4.78 is 8.53. The van der Waals surface area contributed by atoms with Crippen molar-refractivity contribution in [3.63, 3.8) is 0 Å². The molecular formula is C25H24N2OS. The Balaban J connectivity index is 1.51. The van der Waals surface area contributed by atoms with Crippen LogP contribution in [0.3, 0.4) is 0 Å². The number of benzene rings is 2. The minimum Gasteiger partial charge on any atom is -0.457 e. The van der Waals surface area contributed by atoms with Gasteiger partial charge >= 0.3 is 0 Å². The highest BCUT2D eigenvalue weighted by atomic mass is 32.1. The van der Waals surface area contributed by atoms with Crippen LogP contribution in [0.4, 0.5) is 0 Å².